The van der Waals surface area contributed by atoms with Gasteiger partial charge in [-0.2, -0.15) is 5.26 Å². The van der Waals surface area contributed by atoms with E-state index >= 15 is 0 Å². The van der Waals surface area contributed by atoms with Crippen LogP contribution in [-0.4, -0.2) is 47.5 Å². The van der Waals surface area contributed by atoms with Crippen LogP contribution in [0, 0.1) is 24.1 Å². The molecule has 1 saturated heterocycles. The first-order chi connectivity index (χ1) is 17.9. The molecule has 3 amide bonds. The van der Waals surface area contributed by atoms with Gasteiger partial charge in [0.2, 0.25) is 5.91 Å². The maximum Gasteiger partial charge on any atom is 0.322 e. The van der Waals surface area contributed by atoms with E-state index in [1.165, 1.54) is 17.0 Å². The van der Waals surface area contributed by atoms with Gasteiger partial charge >= 0.3 is 6.03 Å². The molecule has 1 aliphatic rings. The van der Waals surface area contributed by atoms with Crippen molar-refractivity contribution >= 4 is 17.6 Å². The minimum atomic E-state index is -0.441. The van der Waals surface area contributed by atoms with Crippen molar-refractivity contribution in [2.24, 2.45) is 0 Å². The first-order valence-electron chi connectivity index (χ1n) is 12.1. The molecule has 2 aromatic carbocycles. The van der Waals surface area contributed by atoms with Crippen LogP contribution in [0.1, 0.15) is 35.5 Å². The molecule has 1 fully saturated rings. The SMILES string of the molecule is Cc1ccc(CN(Cc2ccc(F)cc2)C(=O)CN(C[C@@H]2CCCO2)C(=O)Nc2ccc(C#N)cc2)o1. The number of carbonyl (C=O) groups excluding carboxylic acids is 2. The predicted octanol–water partition coefficient (Wildman–Crippen LogP) is 4.84. The number of urea groups is 1. The summed E-state index contributed by atoms with van der Waals surface area (Å²) in [5, 5.41) is 11.8. The van der Waals surface area contributed by atoms with E-state index in [1.807, 2.05) is 25.1 Å². The number of ether oxygens (including phenoxy) is 1. The summed E-state index contributed by atoms with van der Waals surface area (Å²) in [7, 11) is 0. The number of nitriles is 1. The van der Waals surface area contributed by atoms with E-state index in [9.17, 15) is 14.0 Å². The number of nitrogens with zero attached hydrogens (tertiary/aromatic N) is 3. The van der Waals surface area contributed by atoms with E-state index in [0.29, 0.717) is 23.6 Å². The van der Waals surface area contributed by atoms with Gasteiger partial charge in [0.1, 0.15) is 23.9 Å². The molecule has 4 rings (SSSR count). The summed E-state index contributed by atoms with van der Waals surface area (Å²) in [5.41, 5.74) is 1.75. The Morgan fingerprint density at radius 3 is 2.43 bits per heavy atom. The van der Waals surface area contributed by atoms with Crippen molar-refractivity contribution in [2.45, 2.75) is 39.0 Å². The second-order valence-corrected chi connectivity index (χ2v) is 9.02. The van der Waals surface area contributed by atoms with Gasteiger partial charge in [0, 0.05) is 25.4 Å². The fourth-order valence-corrected chi connectivity index (χ4v) is 4.15. The lowest BCUT2D eigenvalue weighted by atomic mass is 10.2. The van der Waals surface area contributed by atoms with Gasteiger partial charge in [0.25, 0.3) is 0 Å². The Morgan fingerprint density at radius 1 is 1.05 bits per heavy atom. The standard InChI is InChI=1S/C28H29FN4O4/c1-20-4-13-26(37-20)18-32(16-22-5-9-23(29)10-6-22)27(34)19-33(17-25-3-2-14-36-25)28(35)31-24-11-7-21(15-30)8-12-24/h4-13,25H,2-3,14,16-19H2,1H3,(H,31,35)/t25-/m0/s1. The second kappa shape index (κ2) is 12.2. The van der Waals surface area contributed by atoms with Gasteiger partial charge in [-0.3, -0.25) is 4.79 Å². The summed E-state index contributed by atoms with van der Waals surface area (Å²) in [5.74, 6) is 0.698. The van der Waals surface area contributed by atoms with Crippen LogP contribution in [0.2, 0.25) is 0 Å². The topological polar surface area (TPSA) is 98.8 Å². The van der Waals surface area contributed by atoms with Crippen LogP contribution in [0.5, 0.6) is 0 Å². The number of aryl methyl sites for hydroxylation is 1. The molecule has 0 spiro atoms. The van der Waals surface area contributed by atoms with Crippen molar-refractivity contribution < 1.29 is 23.1 Å². The van der Waals surface area contributed by atoms with Gasteiger partial charge in [-0.15, -0.1) is 0 Å². The monoisotopic (exact) mass is 504 g/mol. The molecular weight excluding hydrogens is 475 g/mol. The molecule has 0 bridgehead atoms. The highest BCUT2D eigenvalue weighted by Crippen LogP contribution is 2.18. The van der Waals surface area contributed by atoms with Crippen molar-refractivity contribution in [1.82, 2.24) is 9.80 Å². The van der Waals surface area contributed by atoms with Crippen LogP contribution < -0.4 is 5.32 Å². The number of hydrogen-bond donors (Lipinski definition) is 1. The van der Waals surface area contributed by atoms with E-state index in [-0.39, 0.29) is 44.0 Å². The van der Waals surface area contributed by atoms with Crippen LogP contribution >= 0.6 is 0 Å². The Kier molecular flexibility index (Phi) is 8.54. The fraction of sp³-hybridized carbons (Fsp3) is 0.321. The van der Waals surface area contributed by atoms with Gasteiger partial charge in [0.05, 0.1) is 24.3 Å². The number of hydrogen-bond acceptors (Lipinski definition) is 5. The van der Waals surface area contributed by atoms with Crippen LogP contribution in [0.4, 0.5) is 14.9 Å². The van der Waals surface area contributed by atoms with Gasteiger partial charge < -0.3 is 24.3 Å². The lowest BCUT2D eigenvalue weighted by Gasteiger charge is -2.29. The maximum atomic E-state index is 13.6. The van der Waals surface area contributed by atoms with Crippen LogP contribution in [-0.2, 0) is 22.6 Å². The fourth-order valence-electron chi connectivity index (χ4n) is 4.15. The molecule has 0 radical (unpaired) electrons. The number of carbonyl (C=O) groups is 2. The second-order valence-electron chi connectivity index (χ2n) is 9.02. The first-order valence-corrected chi connectivity index (χ1v) is 12.1. The lowest BCUT2D eigenvalue weighted by Crippen LogP contribution is -2.46. The molecule has 1 aromatic heterocycles. The quantitative estimate of drug-likeness (QED) is 0.450. The number of anilines is 1. The lowest BCUT2D eigenvalue weighted by molar-refractivity contribution is -0.133. The Balaban J connectivity index is 1.51. The number of amides is 3. The van der Waals surface area contributed by atoms with Crippen molar-refractivity contribution in [3.05, 3.63) is 89.1 Å². The number of benzene rings is 2. The summed E-state index contributed by atoms with van der Waals surface area (Å²) >= 11 is 0. The number of furan rings is 1. The number of halogens is 1. The highest BCUT2D eigenvalue weighted by atomic mass is 19.1. The average molecular weight is 505 g/mol. The minimum absolute atomic E-state index is 0.155. The normalized spacial score (nSPS) is 14.7. The van der Waals surface area contributed by atoms with Crippen LogP contribution in [0.3, 0.4) is 0 Å². The molecule has 2 heterocycles. The molecule has 0 saturated carbocycles. The van der Waals surface area contributed by atoms with E-state index < -0.39 is 6.03 Å². The Bertz CT molecular complexity index is 1240. The summed E-state index contributed by atoms with van der Waals surface area (Å²) in [6.07, 6.45) is 1.55. The first kappa shape index (κ1) is 25.9. The molecular formula is C28H29FN4O4. The summed E-state index contributed by atoms with van der Waals surface area (Å²) in [6, 6.07) is 17.7. The van der Waals surface area contributed by atoms with E-state index in [1.54, 1.807) is 41.3 Å². The molecule has 3 aromatic rings. The Labute approximate surface area is 215 Å². The van der Waals surface area contributed by atoms with Crippen LogP contribution in [0.25, 0.3) is 0 Å². The van der Waals surface area contributed by atoms with Crippen molar-refractivity contribution in [1.29, 1.82) is 5.26 Å². The third kappa shape index (κ3) is 7.41. The Hall–Kier alpha value is -4.16. The zero-order valence-corrected chi connectivity index (χ0v) is 20.7. The number of nitrogens with one attached hydrogen (secondary N) is 1. The van der Waals surface area contributed by atoms with Crippen molar-refractivity contribution in [2.75, 3.05) is 25.0 Å². The molecule has 1 atom stereocenters. The molecule has 1 aliphatic heterocycles. The summed E-state index contributed by atoms with van der Waals surface area (Å²) < 4.78 is 24.9. The van der Waals surface area contributed by atoms with Gasteiger partial charge in [-0.1, -0.05) is 12.1 Å². The Morgan fingerprint density at radius 2 is 1.81 bits per heavy atom. The molecule has 1 N–H and O–H groups in total. The summed E-state index contributed by atoms with van der Waals surface area (Å²) in [6.45, 7) is 2.96. The highest BCUT2D eigenvalue weighted by Gasteiger charge is 2.27. The molecule has 37 heavy (non-hydrogen) atoms. The minimum Gasteiger partial charge on any atom is -0.464 e. The summed E-state index contributed by atoms with van der Waals surface area (Å²) in [4.78, 5) is 29.8. The molecule has 0 aliphatic carbocycles. The third-order valence-electron chi connectivity index (χ3n) is 6.11. The molecule has 8 nitrogen and oxygen atoms in total. The van der Waals surface area contributed by atoms with Gasteiger partial charge in [-0.05, 0) is 73.9 Å². The third-order valence-corrected chi connectivity index (χ3v) is 6.11. The van der Waals surface area contributed by atoms with E-state index in [0.717, 1.165) is 24.2 Å². The van der Waals surface area contributed by atoms with Crippen molar-refractivity contribution in [3.8, 4) is 6.07 Å². The average Bonchev–Trinajstić information content (AvgIpc) is 3.56. The van der Waals surface area contributed by atoms with E-state index in [2.05, 4.69) is 5.32 Å². The zero-order valence-electron chi connectivity index (χ0n) is 20.7. The predicted molar refractivity (Wildman–Crippen MR) is 135 cm³/mol. The maximum absolute atomic E-state index is 13.6. The van der Waals surface area contributed by atoms with Gasteiger partial charge in [-0.25, -0.2) is 9.18 Å². The molecule has 9 heteroatoms. The molecule has 192 valence electrons. The zero-order chi connectivity index (χ0) is 26.2. The molecule has 0 unspecified atom stereocenters. The van der Waals surface area contributed by atoms with Gasteiger partial charge in [0.15, 0.2) is 0 Å². The number of rotatable bonds is 9. The van der Waals surface area contributed by atoms with Crippen LogP contribution in [0.15, 0.2) is 65.1 Å². The van der Waals surface area contributed by atoms with E-state index in [4.69, 9.17) is 14.4 Å². The highest BCUT2D eigenvalue weighted by molar-refractivity contribution is 5.92. The van der Waals surface area contributed by atoms with Crippen molar-refractivity contribution in [3.63, 3.8) is 0 Å². The largest absolute Gasteiger partial charge is 0.464 e. The smallest absolute Gasteiger partial charge is 0.322 e.